The van der Waals surface area contributed by atoms with E-state index in [1.54, 1.807) is 11.3 Å². The molecule has 1 aromatic heterocycles. The molecule has 0 aliphatic carbocycles. The van der Waals surface area contributed by atoms with E-state index in [9.17, 15) is 0 Å². The summed E-state index contributed by atoms with van der Waals surface area (Å²) in [4.78, 5) is 4.42. The van der Waals surface area contributed by atoms with Gasteiger partial charge < -0.3 is 0 Å². The number of hydrogen-bond acceptors (Lipinski definition) is 2. The number of thiazole rings is 1. The summed E-state index contributed by atoms with van der Waals surface area (Å²) in [5.74, 6) is 1.15. The molecule has 0 aliphatic rings. The Kier molecular flexibility index (Phi) is 2.79. The fourth-order valence-corrected chi connectivity index (χ4v) is 2.72. The van der Waals surface area contributed by atoms with Crippen LogP contribution in [0.4, 0.5) is 0 Å². The molecule has 0 spiro atoms. The van der Waals surface area contributed by atoms with Crippen LogP contribution in [-0.2, 0) is 0 Å². The van der Waals surface area contributed by atoms with Gasteiger partial charge in [0.1, 0.15) is 0 Å². The Bertz CT molecular complexity index is 468. The van der Waals surface area contributed by atoms with Crippen molar-refractivity contribution in [1.82, 2.24) is 4.98 Å². The largest absolute Gasteiger partial charge is 0.245 e. The highest BCUT2D eigenvalue weighted by atomic mass is 32.1. The highest BCUT2D eigenvalue weighted by Crippen LogP contribution is 2.31. The van der Waals surface area contributed by atoms with Gasteiger partial charge in [-0.2, -0.15) is 0 Å². The molecule has 1 aromatic carbocycles. The molecule has 0 radical (unpaired) electrons. The van der Waals surface area contributed by atoms with Gasteiger partial charge in [-0.15, -0.1) is 11.3 Å². The van der Waals surface area contributed by atoms with Crippen LogP contribution in [-0.4, -0.2) is 4.98 Å². The Hall–Kier alpha value is -0.890. The maximum atomic E-state index is 4.42. The van der Waals surface area contributed by atoms with Crippen LogP contribution in [0.2, 0.25) is 0 Å². The molecule has 0 saturated heterocycles. The predicted octanol–water partition coefficient (Wildman–Crippen LogP) is 4.54. The quantitative estimate of drug-likeness (QED) is 0.722. The lowest BCUT2D eigenvalue weighted by molar-refractivity contribution is 0.842. The van der Waals surface area contributed by atoms with Gasteiger partial charge in [0.15, 0.2) is 0 Å². The third-order valence-electron chi connectivity index (χ3n) is 2.77. The maximum Gasteiger partial charge on any atom is 0.0817 e. The number of benzene rings is 1. The zero-order chi connectivity index (χ0) is 11.0. The van der Waals surface area contributed by atoms with Gasteiger partial charge in [-0.25, -0.2) is 4.98 Å². The fourth-order valence-electron chi connectivity index (χ4n) is 1.78. The second-order valence-electron chi connectivity index (χ2n) is 4.62. The zero-order valence-electron chi connectivity index (χ0n) is 9.74. The number of nitrogens with zero attached hydrogens (tertiary/aromatic N) is 1. The summed E-state index contributed by atoms with van der Waals surface area (Å²) in [6.07, 6.45) is 0. The topological polar surface area (TPSA) is 12.9 Å². The number of aromatic nitrogens is 1. The number of hydrogen-bond donors (Lipinski definition) is 0. The fraction of sp³-hybridized carbons (Fsp3) is 0.462. The SMILES string of the molecule is CC(C)c1cc(C(C)C)c2scnc2c1. The van der Waals surface area contributed by atoms with Crippen LogP contribution in [0, 0.1) is 0 Å². The molecule has 80 valence electrons. The molecule has 0 atom stereocenters. The smallest absolute Gasteiger partial charge is 0.0817 e. The molecule has 0 fully saturated rings. The summed E-state index contributed by atoms with van der Waals surface area (Å²) >= 11 is 1.75. The molecule has 1 heterocycles. The van der Waals surface area contributed by atoms with Gasteiger partial charge in [-0.05, 0) is 29.0 Å². The molecule has 0 aliphatic heterocycles. The predicted molar refractivity (Wildman–Crippen MR) is 67.8 cm³/mol. The monoisotopic (exact) mass is 219 g/mol. The summed E-state index contributed by atoms with van der Waals surface area (Å²) in [6.45, 7) is 8.96. The lowest BCUT2D eigenvalue weighted by Gasteiger charge is -2.11. The van der Waals surface area contributed by atoms with Crippen molar-refractivity contribution in [2.24, 2.45) is 0 Å². The molecule has 2 rings (SSSR count). The third kappa shape index (κ3) is 1.91. The molecule has 2 aromatic rings. The van der Waals surface area contributed by atoms with Crippen LogP contribution >= 0.6 is 11.3 Å². The Balaban J connectivity index is 2.69. The van der Waals surface area contributed by atoms with E-state index in [1.807, 2.05) is 5.51 Å². The van der Waals surface area contributed by atoms with E-state index >= 15 is 0 Å². The molecular formula is C13H17NS. The number of fused-ring (bicyclic) bond motifs is 1. The summed E-state index contributed by atoms with van der Waals surface area (Å²) in [5.41, 5.74) is 5.95. The van der Waals surface area contributed by atoms with Crippen molar-refractivity contribution in [3.8, 4) is 0 Å². The first-order chi connectivity index (χ1) is 7.09. The van der Waals surface area contributed by atoms with Gasteiger partial charge in [0, 0.05) is 0 Å². The van der Waals surface area contributed by atoms with E-state index in [-0.39, 0.29) is 0 Å². The van der Waals surface area contributed by atoms with E-state index in [0.717, 1.165) is 5.52 Å². The normalized spacial score (nSPS) is 11.9. The van der Waals surface area contributed by atoms with Crippen LogP contribution in [0.3, 0.4) is 0 Å². The van der Waals surface area contributed by atoms with E-state index in [2.05, 4.69) is 44.8 Å². The molecule has 15 heavy (non-hydrogen) atoms. The number of rotatable bonds is 2. The minimum Gasteiger partial charge on any atom is -0.245 e. The molecule has 0 unspecified atom stereocenters. The highest BCUT2D eigenvalue weighted by molar-refractivity contribution is 7.17. The van der Waals surface area contributed by atoms with E-state index in [4.69, 9.17) is 0 Å². The van der Waals surface area contributed by atoms with Gasteiger partial charge in [0.2, 0.25) is 0 Å². The maximum absolute atomic E-state index is 4.42. The molecule has 0 N–H and O–H groups in total. The van der Waals surface area contributed by atoms with Gasteiger partial charge in [-0.3, -0.25) is 0 Å². The van der Waals surface area contributed by atoms with Gasteiger partial charge in [0.25, 0.3) is 0 Å². The Morgan fingerprint density at radius 2 is 1.80 bits per heavy atom. The first-order valence-corrected chi connectivity index (χ1v) is 6.34. The van der Waals surface area contributed by atoms with Crippen LogP contribution in [0.25, 0.3) is 10.2 Å². The average Bonchev–Trinajstić information content (AvgIpc) is 2.62. The highest BCUT2D eigenvalue weighted by Gasteiger charge is 2.11. The summed E-state index contributed by atoms with van der Waals surface area (Å²) in [7, 11) is 0. The second-order valence-corrected chi connectivity index (χ2v) is 5.47. The Labute approximate surface area is 95.2 Å². The van der Waals surface area contributed by atoms with E-state index in [0.29, 0.717) is 11.8 Å². The van der Waals surface area contributed by atoms with Crippen molar-refractivity contribution >= 4 is 21.6 Å². The first kappa shape index (κ1) is 10.6. The molecule has 0 bridgehead atoms. The van der Waals surface area contributed by atoms with Crippen molar-refractivity contribution in [2.75, 3.05) is 0 Å². The summed E-state index contributed by atoms with van der Waals surface area (Å²) in [6, 6.07) is 4.57. The summed E-state index contributed by atoms with van der Waals surface area (Å²) in [5, 5.41) is 0. The molecule has 1 nitrogen and oxygen atoms in total. The molecular weight excluding hydrogens is 202 g/mol. The van der Waals surface area contributed by atoms with Crippen molar-refractivity contribution < 1.29 is 0 Å². The van der Waals surface area contributed by atoms with E-state index < -0.39 is 0 Å². The van der Waals surface area contributed by atoms with Crippen molar-refractivity contribution in [3.63, 3.8) is 0 Å². The minimum atomic E-state index is 0.576. The molecule has 0 amide bonds. The van der Waals surface area contributed by atoms with Crippen LogP contribution in [0.15, 0.2) is 17.6 Å². The van der Waals surface area contributed by atoms with Crippen molar-refractivity contribution in [2.45, 2.75) is 39.5 Å². The lowest BCUT2D eigenvalue weighted by Crippen LogP contribution is -1.93. The standard InChI is InChI=1S/C13H17NS/c1-8(2)10-5-11(9(3)4)13-12(6-10)14-7-15-13/h5-9H,1-4H3. The Morgan fingerprint density at radius 3 is 2.40 bits per heavy atom. The van der Waals surface area contributed by atoms with Gasteiger partial charge in [0.05, 0.1) is 15.7 Å². The first-order valence-electron chi connectivity index (χ1n) is 5.46. The zero-order valence-corrected chi connectivity index (χ0v) is 10.6. The minimum absolute atomic E-state index is 0.576. The van der Waals surface area contributed by atoms with E-state index in [1.165, 1.54) is 15.8 Å². The third-order valence-corrected chi connectivity index (χ3v) is 3.66. The Morgan fingerprint density at radius 1 is 1.07 bits per heavy atom. The van der Waals surface area contributed by atoms with Crippen molar-refractivity contribution in [3.05, 3.63) is 28.8 Å². The van der Waals surface area contributed by atoms with Crippen LogP contribution < -0.4 is 0 Å². The van der Waals surface area contributed by atoms with Crippen LogP contribution in [0.5, 0.6) is 0 Å². The molecule has 0 saturated carbocycles. The second kappa shape index (κ2) is 3.93. The summed E-state index contributed by atoms with van der Waals surface area (Å²) < 4.78 is 1.36. The van der Waals surface area contributed by atoms with Gasteiger partial charge >= 0.3 is 0 Å². The van der Waals surface area contributed by atoms with Crippen LogP contribution in [0.1, 0.15) is 50.7 Å². The average molecular weight is 219 g/mol. The molecule has 2 heteroatoms. The lowest BCUT2D eigenvalue weighted by atomic mass is 9.95. The van der Waals surface area contributed by atoms with Gasteiger partial charge in [-0.1, -0.05) is 33.8 Å². The van der Waals surface area contributed by atoms with Crippen molar-refractivity contribution in [1.29, 1.82) is 0 Å².